The van der Waals surface area contributed by atoms with Gasteiger partial charge in [0.05, 0.1) is 12.0 Å². The van der Waals surface area contributed by atoms with E-state index in [0.717, 1.165) is 18.4 Å². The first kappa shape index (κ1) is 13.6. The topological polar surface area (TPSA) is 57.6 Å². The number of nitrogens with zero attached hydrogens (tertiary/aromatic N) is 1. The predicted octanol–water partition coefficient (Wildman–Crippen LogP) is 2.33. The zero-order chi connectivity index (χ0) is 13.8. The van der Waals surface area contributed by atoms with E-state index in [1.807, 2.05) is 11.9 Å². The van der Waals surface area contributed by atoms with Gasteiger partial charge in [-0.15, -0.1) is 0 Å². The van der Waals surface area contributed by atoms with E-state index in [0.29, 0.717) is 12.5 Å². The lowest BCUT2D eigenvalue weighted by Crippen LogP contribution is -2.36. The third kappa shape index (κ3) is 3.34. The predicted molar refractivity (Wildman–Crippen MR) is 72.1 cm³/mol. The third-order valence-electron chi connectivity index (χ3n) is 3.82. The summed E-state index contributed by atoms with van der Waals surface area (Å²) in [5.41, 5.74) is 1.11. The number of hydrogen-bond donors (Lipinski definition) is 1. The van der Waals surface area contributed by atoms with Crippen LogP contribution in [0.4, 0.5) is 0 Å². The Kier molecular flexibility index (Phi) is 4.20. The summed E-state index contributed by atoms with van der Waals surface area (Å²) in [5, 5.41) is 8.81. The summed E-state index contributed by atoms with van der Waals surface area (Å²) in [6.07, 6.45) is 4.94. The molecule has 1 aliphatic carbocycles. The number of aromatic carboxylic acids is 1. The normalized spacial score (nSPS) is 15.4. The lowest BCUT2D eigenvalue weighted by Gasteiger charge is -2.24. The summed E-state index contributed by atoms with van der Waals surface area (Å²) in [6.45, 7) is 0. The van der Waals surface area contributed by atoms with Crippen molar-refractivity contribution in [3.63, 3.8) is 0 Å². The molecule has 0 bridgehead atoms. The number of hydrogen-bond acceptors (Lipinski definition) is 2. The molecule has 1 saturated carbocycles. The summed E-state index contributed by atoms with van der Waals surface area (Å²) in [7, 11) is 1.87. The summed E-state index contributed by atoms with van der Waals surface area (Å²) < 4.78 is 0. The summed E-state index contributed by atoms with van der Waals surface area (Å²) >= 11 is 0. The van der Waals surface area contributed by atoms with Crippen molar-refractivity contribution in [3.05, 3.63) is 35.4 Å². The Bertz CT molecular complexity index is 461. The maximum Gasteiger partial charge on any atom is 0.335 e. The highest BCUT2D eigenvalue weighted by molar-refractivity contribution is 5.87. The molecule has 0 atom stereocenters. The van der Waals surface area contributed by atoms with Gasteiger partial charge in [-0.05, 0) is 30.5 Å². The standard InChI is InChI=1S/C15H19NO3/c1-16(13-4-2-3-5-13)14(17)10-11-6-8-12(9-7-11)15(18)19/h6-9,13H,2-5,10H2,1H3,(H,18,19). The van der Waals surface area contributed by atoms with Gasteiger partial charge in [0.1, 0.15) is 0 Å². The SMILES string of the molecule is CN(C(=O)Cc1ccc(C(=O)O)cc1)C1CCCC1. The van der Waals surface area contributed by atoms with Crippen LogP contribution >= 0.6 is 0 Å². The van der Waals surface area contributed by atoms with Crippen molar-refractivity contribution in [3.8, 4) is 0 Å². The molecule has 1 aromatic rings. The van der Waals surface area contributed by atoms with Gasteiger partial charge in [0.25, 0.3) is 0 Å². The zero-order valence-electron chi connectivity index (χ0n) is 11.1. The van der Waals surface area contributed by atoms with Crippen LogP contribution in [0.1, 0.15) is 41.6 Å². The number of amides is 1. The molecule has 1 aromatic carbocycles. The summed E-state index contributed by atoms with van der Waals surface area (Å²) in [4.78, 5) is 24.7. The minimum absolute atomic E-state index is 0.106. The lowest BCUT2D eigenvalue weighted by molar-refractivity contribution is -0.131. The highest BCUT2D eigenvalue weighted by atomic mass is 16.4. The maximum absolute atomic E-state index is 12.1. The molecule has 2 rings (SSSR count). The Morgan fingerprint density at radius 3 is 2.32 bits per heavy atom. The third-order valence-corrected chi connectivity index (χ3v) is 3.82. The number of carboxylic acid groups (broad SMARTS) is 1. The van der Waals surface area contributed by atoms with Gasteiger partial charge in [-0.25, -0.2) is 4.79 Å². The monoisotopic (exact) mass is 261 g/mol. The van der Waals surface area contributed by atoms with Crippen molar-refractivity contribution in [2.24, 2.45) is 0 Å². The molecule has 0 radical (unpaired) electrons. The van der Waals surface area contributed by atoms with Crippen molar-refractivity contribution >= 4 is 11.9 Å². The molecule has 0 spiro atoms. The first-order valence-electron chi connectivity index (χ1n) is 6.66. The lowest BCUT2D eigenvalue weighted by atomic mass is 10.1. The molecule has 1 aliphatic rings. The van der Waals surface area contributed by atoms with Crippen molar-refractivity contribution in [1.82, 2.24) is 4.90 Å². The molecular formula is C15H19NO3. The van der Waals surface area contributed by atoms with Gasteiger partial charge >= 0.3 is 5.97 Å². The molecule has 0 heterocycles. The highest BCUT2D eigenvalue weighted by Gasteiger charge is 2.23. The second kappa shape index (κ2) is 5.87. The van der Waals surface area contributed by atoms with Crippen LogP contribution in [0.5, 0.6) is 0 Å². The Hall–Kier alpha value is -1.84. The van der Waals surface area contributed by atoms with E-state index >= 15 is 0 Å². The van der Waals surface area contributed by atoms with Crippen LogP contribution in [0.15, 0.2) is 24.3 Å². The molecule has 0 saturated heterocycles. The number of likely N-dealkylation sites (N-methyl/N-ethyl adjacent to an activating group) is 1. The number of carboxylic acids is 1. The quantitative estimate of drug-likeness (QED) is 0.905. The van der Waals surface area contributed by atoms with E-state index in [-0.39, 0.29) is 11.5 Å². The molecule has 4 nitrogen and oxygen atoms in total. The largest absolute Gasteiger partial charge is 0.478 e. The van der Waals surface area contributed by atoms with E-state index < -0.39 is 5.97 Å². The van der Waals surface area contributed by atoms with Crippen molar-refractivity contribution in [2.75, 3.05) is 7.05 Å². The fourth-order valence-electron chi connectivity index (χ4n) is 2.56. The van der Waals surface area contributed by atoms with E-state index in [4.69, 9.17) is 5.11 Å². The Morgan fingerprint density at radius 2 is 1.79 bits per heavy atom. The minimum atomic E-state index is -0.944. The zero-order valence-corrected chi connectivity index (χ0v) is 11.1. The van der Waals surface area contributed by atoms with Crippen LogP contribution in [0.2, 0.25) is 0 Å². The average Bonchev–Trinajstić information content (AvgIpc) is 2.92. The van der Waals surface area contributed by atoms with Crippen molar-refractivity contribution in [1.29, 1.82) is 0 Å². The van der Waals surface area contributed by atoms with Gasteiger partial charge in [0.2, 0.25) is 5.91 Å². The molecule has 0 unspecified atom stereocenters. The van der Waals surface area contributed by atoms with Gasteiger partial charge < -0.3 is 10.0 Å². The van der Waals surface area contributed by atoms with Crippen LogP contribution in [0.25, 0.3) is 0 Å². The molecule has 1 fully saturated rings. The van der Waals surface area contributed by atoms with Crippen LogP contribution < -0.4 is 0 Å². The van der Waals surface area contributed by atoms with E-state index in [1.54, 1.807) is 24.3 Å². The van der Waals surface area contributed by atoms with Gasteiger partial charge in [0, 0.05) is 13.1 Å². The van der Waals surface area contributed by atoms with Gasteiger partial charge in [-0.2, -0.15) is 0 Å². The Morgan fingerprint density at radius 1 is 1.21 bits per heavy atom. The number of rotatable bonds is 4. The molecule has 1 N–H and O–H groups in total. The van der Waals surface area contributed by atoms with Crippen molar-refractivity contribution < 1.29 is 14.7 Å². The minimum Gasteiger partial charge on any atom is -0.478 e. The van der Waals surface area contributed by atoms with Crippen LogP contribution in [-0.2, 0) is 11.2 Å². The Labute approximate surface area is 113 Å². The van der Waals surface area contributed by atoms with Gasteiger partial charge in [-0.1, -0.05) is 25.0 Å². The van der Waals surface area contributed by atoms with E-state index in [9.17, 15) is 9.59 Å². The maximum atomic E-state index is 12.1. The fourth-order valence-corrected chi connectivity index (χ4v) is 2.56. The smallest absolute Gasteiger partial charge is 0.335 e. The first-order chi connectivity index (χ1) is 9.08. The number of carbonyl (C=O) groups is 2. The molecule has 0 aromatic heterocycles. The average molecular weight is 261 g/mol. The van der Waals surface area contributed by atoms with Gasteiger partial charge in [-0.3, -0.25) is 4.79 Å². The molecule has 1 amide bonds. The number of carbonyl (C=O) groups excluding carboxylic acids is 1. The van der Waals surface area contributed by atoms with E-state index in [2.05, 4.69) is 0 Å². The van der Waals surface area contributed by atoms with Gasteiger partial charge in [0.15, 0.2) is 0 Å². The second-order valence-electron chi connectivity index (χ2n) is 5.12. The number of benzene rings is 1. The molecule has 19 heavy (non-hydrogen) atoms. The summed E-state index contributed by atoms with van der Waals surface area (Å²) in [6, 6.07) is 6.89. The molecule has 4 heteroatoms. The second-order valence-corrected chi connectivity index (χ2v) is 5.12. The van der Waals surface area contributed by atoms with E-state index in [1.165, 1.54) is 12.8 Å². The first-order valence-corrected chi connectivity index (χ1v) is 6.66. The fraction of sp³-hybridized carbons (Fsp3) is 0.467. The molecular weight excluding hydrogens is 242 g/mol. The molecule has 0 aliphatic heterocycles. The van der Waals surface area contributed by atoms with Crippen LogP contribution in [-0.4, -0.2) is 35.0 Å². The van der Waals surface area contributed by atoms with Crippen LogP contribution in [0, 0.1) is 0 Å². The molecule has 102 valence electrons. The van der Waals surface area contributed by atoms with Crippen molar-refractivity contribution in [2.45, 2.75) is 38.1 Å². The Balaban J connectivity index is 1.96. The highest BCUT2D eigenvalue weighted by Crippen LogP contribution is 2.22. The van der Waals surface area contributed by atoms with Crippen LogP contribution in [0.3, 0.4) is 0 Å². The summed E-state index contributed by atoms with van der Waals surface area (Å²) in [5.74, 6) is -0.837.